The molecular weight excluding hydrogens is 1790 g/mol. The van der Waals surface area contributed by atoms with Gasteiger partial charge in [0.05, 0.1) is 32.0 Å². The fraction of sp³-hybridized carbons (Fsp3) is 0.929. The van der Waals surface area contributed by atoms with Crippen molar-refractivity contribution in [3.05, 3.63) is 24.3 Å². The minimum absolute atomic E-state index is 0.00255. The second-order valence-corrected chi connectivity index (χ2v) is 44.6. The molecule has 0 bridgehead atoms. The van der Waals surface area contributed by atoms with E-state index in [4.69, 9.17) is 33.2 Å². The Hall–Kier alpha value is -3.45. The molecule has 10 atom stereocenters. The summed E-state index contributed by atoms with van der Waals surface area (Å²) in [5, 5.41) is 50.0. The van der Waals surface area contributed by atoms with E-state index in [0.29, 0.717) is 25.2 Å². The van der Waals surface area contributed by atoms with Crippen molar-refractivity contribution in [2.24, 2.45) is 5.92 Å². The van der Waals surface area contributed by atoms with E-state index in [2.05, 4.69) is 52.0 Å². The number of unbranched alkanes of at least 4 members (excludes halogenated alkanes) is 80. The number of carboxylic acid groups (broad SMARTS) is 1. The van der Waals surface area contributed by atoms with Gasteiger partial charge in [0, 0.05) is 38.7 Å². The molecule has 0 radical (unpaired) electrons. The Balaban J connectivity index is 2.06. The van der Waals surface area contributed by atoms with Gasteiger partial charge in [0.25, 0.3) is 0 Å². The van der Waals surface area contributed by atoms with Gasteiger partial charge in [0.2, 0.25) is 0 Å². The number of carbonyl (C=O) groups excluding carboxylic acids is 4. The summed E-state index contributed by atoms with van der Waals surface area (Å²) in [6.07, 6.45) is 117. The molecule has 0 aromatic carbocycles. The van der Waals surface area contributed by atoms with E-state index < -0.39 is 80.0 Å². The third-order valence-corrected chi connectivity index (χ3v) is 31.3. The van der Waals surface area contributed by atoms with Gasteiger partial charge in [-0.25, -0.2) is 0 Å². The maximum Gasteiger partial charge on any atom is 0.306 e. The minimum atomic E-state index is -1.19. The number of hydrogen-bond acceptors (Lipinski definition) is 16. The van der Waals surface area contributed by atoms with Gasteiger partial charge in [-0.15, -0.1) is 0 Å². The lowest BCUT2D eigenvalue weighted by atomic mass is 9.73. The SMILES string of the molecule is CCCCCCCCC=CCCCCCCCCOC(CCCCCCCCCCCC(=O)O)(CCCCCCCCCCCC(=O)O[C@H](CO)[C@H]1OC[C@H](O)[C@H]1O)C(CCCCCCC=CCCCCCCCC)CCCCCCCCCCCCCCCCCC(=O)O[C@H](CO)[C@H]1OC[C@H](OC(=O)CCCCCCCCCCCCCCCCC)[C@H]1OC(=O)CCCCCCCCCCCCCCCCC. The predicted molar refractivity (Wildman–Crippen MR) is 598 cm³/mol. The van der Waals surface area contributed by atoms with E-state index in [0.717, 1.165) is 116 Å². The number of aliphatic carboxylic acids is 1. The predicted octanol–water partition coefficient (Wildman–Crippen LogP) is 36.0. The van der Waals surface area contributed by atoms with Gasteiger partial charge in [-0.1, -0.05) is 534 Å². The van der Waals surface area contributed by atoms with Crippen LogP contribution in [0.1, 0.15) is 657 Å². The van der Waals surface area contributed by atoms with Crippen molar-refractivity contribution < 1.29 is 82.7 Å². The monoisotopic (exact) mass is 2020 g/mol. The number of aliphatic hydroxyl groups excluding tert-OH is 4. The number of allylic oxidation sites excluding steroid dienone is 4. The summed E-state index contributed by atoms with van der Waals surface area (Å²) < 4.78 is 42.9. The van der Waals surface area contributed by atoms with Crippen LogP contribution in [-0.4, -0.2) is 143 Å². The van der Waals surface area contributed by atoms with Crippen molar-refractivity contribution in [3.8, 4) is 0 Å². The summed E-state index contributed by atoms with van der Waals surface area (Å²) in [4.78, 5) is 64.4. The van der Waals surface area contributed by atoms with Crippen molar-refractivity contribution in [1.29, 1.82) is 0 Å². The summed E-state index contributed by atoms with van der Waals surface area (Å²) in [7, 11) is 0. The van der Waals surface area contributed by atoms with E-state index in [-0.39, 0.29) is 62.9 Å². The summed E-state index contributed by atoms with van der Waals surface area (Å²) in [5.41, 5.74) is -0.113. The molecule has 2 fully saturated rings. The highest BCUT2D eigenvalue weighted by atomic mass is 16.7. The maximum absolute atomic E-state index is 13.6. The maximum atomic E-state index is 13.6. The Kier molecular flexibility index (Phi) is 98.9. The fourth-order valence-electron chi connectivity index (χ4n) is 21.9. The number of aliphatic hydroxyl groups is 4. The molecule has 2 saturated heterocycles. The minimum Gasteiger partial charge on any atom is -0.481 e. The largest absolute Gasteiger partial charge is 0.481 e. The van der Waals surface area contributed by atoms with Gasteiger partial charge in [-0.3, -0.25) is 24.0 Å². The van der Waals surface area contributed by atoms with Crippen LogP contribution in [0.5, 0.6) is 0 Å². The summed E-state index contributed by atoms with van der Waals surface area (Å²) in [6.45, 7) is 8.99. The molecular formula is C126H236O17. The van der Waals surface area contributed by atoms with Gasteiger partial charge < -0.3 is 58.7 Å². The lowest BCUT2D eigenvalue weighted by Crippen LogP contribution is -2.46. The van der Waals surface area contributed by atoms with E-state index in [9.17, 15) is 49.5 Å². The zero-order chi connectivity index (χ0) is 103. The first kappa shape index (κ1) is 136. The molecule has 2 heterocycles. The standard InChI is InChI=1S/C126H236O17/c1-5-9-13-17-21-25-29-33-37-43-49-55-67-77-87-97-107-139-126(105-95-85-75-65-56-60-70-80-90-100-117(130)131,106-96-86-76-66-57-64-73-81-91-101-118(132)140-114(108-127)123-122(136)113(129)110-137-123)112(98-88-78-68-58-50-44-36-32-28-24-20-16-12-8-4)99-89-79-69-59-51-45-41-38-42-48-52-61-71-82-92-102-119(133)141-115(109-128)124-125(143-121(135)104-94-84-74-63-54-47-40-35-31-27-23-19-15-11-7-3)116(111-138-124)142-120(134)103-93-83-72-62-53-46-39-34-30-26-22-18-14-10-6-2/h33,36-37,44,112-116,122-125,127-129,136H,5-32,34-35,38-43,45-111H2,1-4H3,(H,130,131)/t112?,113-,114+,115+,116-,122+,123+,124+,125+,126?/m0/s1. The second-order valence-electron chi connectivity index (χ2n) is 44.6. The Labute approximate surface area is 882 Å². The van der Waals surface area contributed by atoms with Crippen LogP contribution in [0, 0.1) is 5.92 Å². The Bertz CT molecular complexity index is 2800. The molecule has 2 unspecified atom stereocenters. The number of carboxylic acids is 1. The van der Waals surface area contributed by atoms with Crippen LogP contribution < -0.4 is 0 Å². The lowest BCUT2D eigenvalue weighted by Gasteiger charge is -2.42. The number of esters is 4. The van der Waals surface area contributed by atoms with E-state index in [1.165, 1.54) is 469 Å². The van der Waals surface area contributed by atoms with Crippen molar-refractivity contribution in [2.45, 2.75) is 711 Å². The summed E-state index contributed by atoms with van der Waals surface area (Å²) in [6, 6.07) is 0. The van der Waals surface area contributed by atoms with Crippen LogP contribution in [0.4, 0.5) is 0 Å². The molecule has 2 aliphatic heterocycles. The highest BCUT2D eigenvalue weighted by Gasteiger charge is 2.48. The van der Waals surface area contributed by atoms with Crippen LogP contribution >= 0.6 is 0 Å². The molecule has 0 aromatic heterocycles. The average Bonchev–Trinajstić information content (AvgIpc) is 1.52. The van der Waals surface area contributed by atoms with Crippen molar-refractivity contribution in [1.82, 2.24) is 0 Å². The molecule has 0 spiro atoms. The molecule has 2 rings (SSSR count). The zero-order valence-electron chi connectivity index (χ0n) is 94.5. The Morgan fingerprint density at radius 2 is 0.531 bits per heavy atom. The summed E-state index contributed by atoms with van der Waals surface area (Å²) in [5.74, 6) is -1.67. The lowest BCUT2D eigenvalue weighted by molar-refractivity contribution is -0.175. The van der Waals surface area contributed by atoms with Crippen LogP contribution in [0.3, 0.4) is 0 Å². The number of hydrogen-bond donors (Lipinski definition) is 5. The molecule has 0 aliphatic carbocycles. The molecule has 5 N–H and O–H groups in total. The van der Waals surface area contributed by atoms with Gasteiger partial charge in [0.1, 0.15) is 24.4 Å². The quantitative estimate of drug-likeness (QED) is 0.0164. The highest BCUT2D eigenvalue weighted by molar-refractivity contribution is 5.71. The van der Waals surface area contributed by atoms with Gasteiger partial charge >= 0.3 is 29.8 Å². The molecule has 143 heavy (non-hydrogen) atoms. The molecule has 17 nitrogen and oxygen atoms in total. The molecule has 0 saturated carbocycles. The smallest absolute Gasteiger partial charge is 0.306 e. The van der Waals surface area contributed by atoms with E-state index in [1.54, 1.807) is 0 Å². The van der Waals surface area contributed by atoms with Crippen LogP contribution in [0.15, 0.2) is 24.3 Å². The fourth-order valence-corrected chi connectivity index (χ4v) is 21.9. The van der Waals surface area contributed by atoms with Crippen molar-refractivity contribution in [2.75, 3.05) is 33.0 Å². The Morgan fingerprint density at radius 1 is 0.287 bits per heavy atom. The molecule has 2 aliphatic rings. The van der Waals surface area contributed by atoms with Gasteiger partial charge in [0.15, 0.2) is 24.4 Å². The first-order valence-electron chi connectivity index (χ1n) is 63.0. The van der Waals surface area contributed by atoms with Gasteiger partial charge in [-0.05, 0) is 121 Å². The number of rotatable bonds is 114. The molecule has 0 amide bonds. The zero-order valence-corrected chi connectivity index (χ0v) is 94.5. The Morgan fingerprint density at radius 3 is 0.818 bits per heavy atom. The molecule has 17 heteroatoms. The van der Waals surface area contributed by atoms with Crippen molar-refractivity contribution in [3.63, 3.8) is 0 Å². The number of ether oxygens (including phenoxy) is 7. The first-order valence-corrected chi connectivity index (χ1v) is 63.0. The van der Waals surface area contributed by atoms with Crippen LogP contribution in [-0.2, 0) is 57.1 Å². The topological polar surface area (TPSA) is 251 Å². The number of carbonyl (C=O) groups is 5. The van der Waals surface area contributed by atoms with E-state index in [1.807, 2.05) is 0 Å². The first-order chi connectivity index (χ1) is 70.3. The average molecular weight is 2020 g/mol. The second kappa shape index (κ2) is 104. The summed E-state index contributed by atoms with van der Waals surface area (Å²) >= 11 is 0. The third-order valence-electron chi connectivity index (χ3n) is 31.3. The normalized spacial score (nSPS) is 17.1. The van der Waals surface area contributed by atoms with Crippen molar-refractivity contribution >= 4 is 29.8 Å². The van der Waals surface area contributed by atoms with E-state index >= 15 is 0 Å². The van der Waals surface area contributed by atoms with Crippen LogP contribution in [0.25, 0.3) is 0 Å². The van der Waals surface area contributed by atoms with Crippen LogP contribution in [0.2, 0.25) is 0 Å². The molecule has 842 valence electrons. The third kappa shape index (κ3) is 82.9. The molecule has 0 aromatic rings. The van der Waals surface area contributed by atoms with Gasteiger partial charge in [-0.2, -0.15) is 0 Å². The highest BCUT2D eigenvalue weighted by Crippen LogP contribution is 2.42.